The molecule has 0 bridgehead atoms. The molecule has 0 saturated heterocycles. The first-order valence-electron chi connectivity index (χ1n) is 17.2. The topological polar surface area (TPSA) is 129 Å². The van der Waals surface area contributed by atoms with Crippen LogP contribution in [0.1, 0.15) is 83.3 Å². The smallest absolute Gasteiger partial charge is 0.347 e. The Labute approximate surface area is 296 Å². The van der Waals surface area contributed by atoms with Crippen molar-refractivity contribution in [3.8, 4) is 11.5 Å². The van der Waals surface area contributed by atoms with Gasteiger partial charge >= 0.3 is 27.0 Å². The molecule has 3 unspecified atom stereocenters. The largest absolute Gasteiger partial charge is 0.468 e. The first-order chi connectivity index (χ1) is 23.9. The second-order valence-corrected chi connectivity index (χ2v) is 16.8. The first-order valence-corrected chi connectivity index (χ1v) is 20.4. The average molecular weight is 725 g/mol. The predicted molar refractivity (Wildman–Crippen MR) is 198 cm³/mol. The number of allylic oxidation sites excluding steroid dienone is 2. The number of ether oxygens (including phenoxy) is 2. The van der Waals surface area contributed by atoms with Crippen molar-refractivity contribution < 1.29 is 37.2 Å². The zero-order valence-electron chi connectivity index (χ0n) is 29.8. The van der Waals surface area contributed by atoms with Gasteiger partial charge in [-0.05, 0) is 94.8 Å². The number of nitrogens with one attached hydrogen (secondary N) is 2. The van der Waals surface area contributed by atoms with Crippen LogP contribution in [-0.2, 0) is 34.6 Å². The molecule has 0 aromatic heterocycles. The Kier molecular flexibility index (Phi) is 14.1. The highest BCUT2D eigenvalue weighted by Gasteiger charge is 2.38. The SMILES string of the molecule is CCCCCc1cc(OP(=O)(N[C@@H](C)C(=O)OC)c2ccccc2)c(C2C=C(C)CCC2)c(OP(=O)(N[C@@H](C)C(=O)OC)c2ccccc2)c1. The molecule has 0 aliphatic heterocycles. The summed E-state index contributed by atoms with van der Waals surface area (Å²) in [5.74, 6) is -0.835. The van der Waals surface area contributed by atoms with Crippen molar-refractivity contribution >= 4 is 37.6 Å². The normalized spacial score (nSPS) is 18.0. The summed E-state index contributed by atoms with van der Waals surface area (Å²) in [6.45, 7) is 7.32. The van der Waals surface area contributed by atoms with Crippen molar-refractivity contribution in [1.82, 2.24) is 10.2 Å². The number of carbonyl (C=O) groups is 2. The third-order valence-electron chi connectivity index (χ3n) is 8.66. The molecule has 3 aromatic rings. The minimum atomic E-state index is -4.00. The number of methoxy groups -OCH3 is 2. The molecule has 0 fully saturated rings. The van der Waals surface area contributed by atoms with Crippen LogP contribution in [0.4, 0.5) is 0 Å². The molecular weight excluding hydrogens is 674 g/mol. The van der Waals surface area contributed by atoms with E-state index in [0.29, 0.717) is 34.1 Å². The number of carbonyl (C=O) groups excluding carboxylic acids is 2. The lowest BCUT2D eigenvalue weighted by atomic mass is 9.84. The lowest BCUT2D eigenvalue weighted by Crippen LogP contribution is -2.37. The number of hydrogen-bond acceptors (Lipinski definition) is 8. The monoisotopic (exact) mass is 724 g/mol. The van der Waals surface area contributed by atoms with Crippen molar-refractivity contribution in [2.45, 2.75) is 90.6 Å². The van der Waals surface area contributed by atoms with E-state index >= 15 is 9.13 Å². The minimum absolute atomic E-state index is 0.233. The van der Waals surface area contributed by atoms with Gasteiger partial charge in [0.25, 0.3) is 0 Å². The number of unbranched alkanes of at least 4 members (excludes halogenated alkanes) is 2. The van der Waals surface area contributed by atoms with E-state index in [9.17, 15) is 9.59 Å². The Morgan fingerprint density at radius 2 is 1.28 bits per heavy atom. The summed E-state index contributed by atoms with van der Waals surface area (Å²) in [7, 11) is -5.46. The van der Waals surface area contributed by atoms with Crippen LogP contribution >= 0.6 is 15.0 Å². The Morgan fingerprint density at radius 3 is 1.70 bits per heavy atom. The molecule has 0 amide bonds. The van der Waals surface area contributed by atoms with Crippen LogP contribution in [0.5, 0.6) is 11.5 Å². The summed E-state index contributed by atoms with van der Waals surface area (Å²) in [5.41, 5.74) is 2.60. The van der Waals surface area contributed by atoms with Gasteiger partial charge in [-0.2, -0.15) is 0 Å². The molecule has 1 aliphatic rings. The standard InChI is InChI=1S/C38H50N2O8P2/c1-7-8-11-18-30-25-34(47-49(43,32-20-12-9-13-21-32)39-28(3)37(41)45-5)36(31-19-16-17-27(2)24-31)35(26-30)48-50(44,33-22-14-10-15-23-33)40-29(4)38(42)46-6/h9-10,12-15,20-26,28-29,31H,7-8,11,16-19H2,1-6H3,(H,39,43)(H,40,44)/t28-,29-,31?,49?,50?/m0/s1. The summed E-state index contributed by atoms with van der Waals surface area (Å²) in [6.07, 6.45) is 8.23. The van der Waals surface area contributed by atoms with Gasteiger partial charge in [-0.3, -0.25) is 18.7 Å². The van der Waals surface area contributed by atoms with Crippen LogP contribution < -0.4 is 29.8 Å². The molecule has 0 saturated carbocycles. The Balaban J connectivity index is 1.97. The fourth-order valence-corrected chi connectivity index (χ4v) is 9.87. The van der Waals surface area contributed by atoms with Crippen molar-refractivity contribution in [3.63, 3.8) is 0 Å². The highest BCUT2D eigenvalue weighted by Crippen LogP contribution is 2.53. The number of esters is 2. The maximum absolute atomic E-state index is 15.0. The van der Waals surface area contributed by atoms with E-state index in [1.54, 1.807) is 62.4 Å². The highest BCUT2D eigenvalue weighted by molar-refractivity contribution is 7.65. The summed E-state index contributed by atoms with van der Waals surface area (Å²) in [4.78, 5) is 25.1. The van der Waals surface area contributed by atoms with E-state index in [4.69, 9.17) is 18.5 Å². The zero-order valence-corrected chi connectivity index (χ0v) is 31.6. The van der Waals surface area contributed by atoms with Gasteiger partial charge < -0.3 is 18.5 Å². The van der Waals surface area contributed by atoms with E-state index in [-0.39, 0.29) is 5.92 Å². The Bertz CT molecular complexity index is 1630. The first kappa shape index (κ1) is 39.1. The number of aryl methyl sites for hydroxylation is 1. The summed E-state index contributed by atoms with van der Waals surface area (Å²) < 4.78 is 53.3. The lowest BCUT2D eigenvalue weighted by Gasteiger charge is -2.31. The molecule has 3 aromatic carbocycles. The van der Waals surface area contributed by atoms with Crippen LogP contribution in [0, 0.1) is 0 Å². The summed E-state index contributed by atoms with van der Waals surface area (Å²) in [6, 6.07) is 19.2. The van der Waals surface area contributed by atoms with E-state index < -0.39 is 39.1 Å². The number of benzene rings is 3. The van der Waals surface area contributed by atoms with Gasteiger partial charge in [0.05, 0.1) is 24.8 Å². The molecule has 270 valence electrons. The van der Waals surface area contributed by atoms with Gasteiger partial charge in [-0.25, -0.2) is 10.2 Å². The van der Waals surface area contributed by atoms with Gasteiger partial charge in [0.2, 0.25) is 0 Å². The van der Waals surface area contributed by atoms with Gasteiger partial charge in [0, 0.05) is 11.5 Å². The molecule has 10 nitrogen and oxygen atoms in total. The average Bonchev–Trinajstić information content (AvgIpc) is 3.11. The van der Waals surface area contributed by atoms with E-state index in [0.717, 1.165) is 44.1 Å². The zero-order chi connectivity index (χ0) is 36.3. The summed E-state index contributed by atoms with van der Waals surface area (Å²) in [5, 5.41) is 6.61. The quantitative estimate of drug-likeness (QED) is 0.0618. The molecular formula is C38H50N2O8P2. The molecule has 0 heterocycles. The third kappa shape index (κ3) is 9.97. The van der Waals surface area contributed by atoms with Crippen molar-refractivity contribution in [2.75, 3.05) is 14.2 Å². The van der Waals surface area contributed by atoms with Crippen molar-refractivity contribution in [1.29, 1.82) is 0 Å². The second-order valence-electron chi connectivity index (χ2n) is 12.7. The van der Waals surface area contributed by atoms with Crippen LogP contribution in [0.25, 0.3) is 0 Å². The van der Waals surface area contributed by atoms with Gasteiger partial charge in [0.15, 0.2) is 0 Å². The van der Waals surface area contributed by atoms with E-state index in [1.165, 1.54) is 19.8 Å². The Morgan fingerprint density at radius 1 is 0.800 bits per heavy atom. The fraction of sp³-hybridized carbons (Fsp3) is 0.421. The van der Waals surface area contributed by atoms with Crippen molar-refractivity contribution in [2.24, 2.45) is 0 Å². The third-order valence-corrected chi connectivity index (χ3v) is 13.0. The lowest BCUT2D eigenvalue weighted by molar-refractivity contribution is -0.142. The molecule has 50 heavy (non-hydrogen) atoms. The van der Waals surface area contributed by atoms with Gasteiger partial charge in [-0.15, -0.1) is 0 Å². The Hall–Kier alpha value is -3.68. The minimum Gasteiger partial charge on any atom is -0.468 e. The van der Waals surface area contributed by atoms with E-state index in [1.807, 2.05) is 24.3 Å². The number of hydrogen-bond donors (Lipinski definition) is 2. The predicted octanol–water partition coefficient (Wildman–Crippen LogP) is 7.73. The highest BCUT2D eigenvalue weighted by atomic mass is 31.2. The fourth-order valence-electron chi connectivity index (χ4n) is 6.04. The van der Waals surface area contributed by atoms with Crippen LogP contribution in [0.15, 0.2) is 84.4 Å². The van der Waals surface area contributed by atoms with Gasteiger partial charge in [0.1, 0.15) is 23.6 Å². The molecule has 1 aliphatic carbocycles. The van der Waals surface area contributed by atoms with Gasteiger partial charge in [-0.1, -0.05) is 67.8 Å². The van der Waals surface area contributed by atoms with Crippen LogP contribution in [-0.4, -0.2) is 38.2 Å². The van der Waals surface area contributed by atoms with Crippen LogP contribution in [0.2, 0.25) is 0 Å². The second kappa shape index (κ2) is 18.0. The van der Waals surface area contributed by atoms with Crippen LogP contribution in [0.3, 0.4) is 0 Å². The maximum Gasteiger partial charge on any atom is 0.347 e. The molecule has 5 atom stereocenters. The molecule has 0 radical (unpaired) electrons. The summed E-state index contributed by atoms with van der Waals surface area (Å²) >= 11 is 0. The molecule has 4 rings (SSSR count). The van der Waals surface area contributed by atoms with Crippen molar-refractivity contribution in [3.05, 3.63) is 95.6 Å². The maximum atomic E-state index is 15.0. The molecule has 2 N–H and O–H groups in total. The molecule has 0 spiro atoms. The molecule has 12 heteroatoms. The number of rotatable bonds is 17. The van der Waals surface area contributed by atoms with E-state index in [2.05, 4.69) is 30.1 Å².